The quantitative estimate of drug-likeness (QED) is 0.672. The van der Waals surface area contributed by atoms with Crippen LogP contribution in [-0.4, -0.2) is 35.4 Å². The Morgan fingerprint density at radius 3 is 2.56 bits per heavy atom. The number of hydrogen-bond acceptors (Lipinski definition) is 3. The maximum atomic E-state index is 11.9. The minimum Gasteiger partial charge on any atom is -0.440 e. The van der Waals surface area contributed by atoms with Crippen molar-refractivity contribution in [2.24, 2.45) is 0 Å². The van der Waals surface area contributed by atoms with E-state index in [4.69, 9.17) is 27.7 Å². The van der Waals surface area contributed by atoms with Crippen LogP contribution in [-0.2, 0) is 0 Å². The first-order valence-electron chi connectivity index (χ1n) is 5.51. The van der Waals surface area contributed by atoms with Gasteiger partial charge >= 0.3 is 0 Å². The molecule has 98 valence electrons. The monoisotopic (exact) mass is 306 g/mol. The van der Waals surface area contributed by atoms with Crippen molar-refractivity contribution in [2.45, 2.75) is 0 Å². The van der Waals surface area contributed by atoms with Gasteiger partial charge in [0.1, 0.15) is 5.75 Å². The Kier molecular flexibility index (Phi) is 5.07. The fourth-order valence-electron chi connectivity index (χ4n) is 1.61. The molecule has 0 aromatic heterocycles. The summed E-state index contributed by atoms with van der Waals surface area (Å²) in [6, 6.07) is 7.19. The van der Waals surface area contributed by atoms with Gasteiger partial charge in [0.2, 0.25) is 0 Å². The van der Waals surface area contributed by atoms with Crippen LogP contribution in [0.1, 0.15) is 10.4 Å². The molecule has 7 heteroatoms. The Morgan fingerprint density at radius 1 is 1.22 bits per heavy atom. The summed E-state index contributed by atoms with van der Waals surface area (Å²) in [4.78, 5) is 11.9. The van der Waals surface area contributed by atoms with Gasteiger partial charge in [-0.3, -0.25) is 9.88 Å². The molecule has 0 fully saturated rings. The standard InChI is InChI=1S/C11H13Cl2N2O2P/c12-5-7-15(8-6-13)18-14-11(16)9-3-1-2-4-10(9)17-18/h1-4H,5-8H2,(H,14,16). The lowest BCUT2D eigenvalue weighted by Gasteiger charge is -2.32. The molecule has 1 unspecified atom stereocenters. The Balaban J connectivity index is 2.16. The fourth-order valence-corrected chi connectivity index (χ4v) is 3.76. The summed E-state index contributed by atoms with van der Waals surface area (Å²) in [5, 5.41) is 2.85. The Bertz CT molecular complexity index is 427. The summed E-state index contributed by atoms with van der Waals surface area (Å²) >= 11 is 11.5. The second-order valence-corrected chi connectivity index (χ2v) is 5.91. The number of carbonyl (C=O) groups is 1. The van der Waals surface area contributed by atoms with Gasteiger partial charge in [0.05, 0.1) is 5.56 Å². The van der Waals surface area contributed by atoms with Crippen molar-refractivity contribution in [2.75, 3.05) is 24.8 Å². The van der Waals surface area contributed by atoms with Crippen LogP contribution in [0.2, 0.25) is 0 Å². The molecule has 1 aromatic carbocycles. The predicted octanol–water partition coefficient (Wildman–Crippen LogP) is 2.82. The minimum absolute atomic E-state index is 0.114. The molecule has 0 aliphatic carbocycles. The third-order valence-electron chi connectivity index (χ3n) is 2.46. The van der Waals surface area contributed by atoms with Gasteiger partial charge in [-0.05, 0) is 12.1 Å². The molecule has 1 aromatic rings. The van der Waals surface area contributed by atoms with Crippen molar-refractivity contribution in [1.82, 2.24) is 9.76 Å². The minimum atomic E-state index is -1.21. The van der Waals surface area contributed by atoms with Gasteiger partial charge in [-0.25, -0.2) is 4.67 Å². The average molecular weight is 307 g/mol. The molecule has 0 spiro atoms. The number of carbonyl (C=O) groups excluding carboxylic acids is 1. The smallest absolute Gasteiger partial charge is 0.278 e. The van der Waals surface area contributed by atoms with Crippen LogP contribution in [0.3, 0.4) is 0 Å². The summed E-state index contributed by atoms with van der Waals surface area (Å²) in [7, 11) is -1.21. The number of alkyl halides is 2. The van der Waals surface area contributed by atoms with E-state index >= 15 is 0 Å². The first-order valence-corrected chi connectivity index (χ1v) is 7.79. The molecule has 0 saturated heterocycles. The summed E-state index contributed by atoms with van der Waals surface area (Å²) in [6.07, 6.45) is 0. The van der Waals surface area contributed by atoms with Crippen LogP contribution < -0.4 is 9.61 Å². The van der Waals surface area contributed by atoms with Crippen LogP contribution in [0.5, 0.6) is 5.75 Å². The van der Waals surface area contributed by atoms with E-state index in [1.807, 2.05) is 16.8 Å². The van der Waals surface area contributed by atoms with Crippen LogP contribution in [0.25, 0.3) is 0 Å². The zero-order chi connectivity index (χ0) is 13.0. The first kappa shape index (κ1) is 13.9. The number of fused-ring (bicyclic) bond motifs is 1. The Hall–Kier alpha value is -0.540. The van der Waals surface area contributed by atoms with E-state index in [9.17, 15) is 4.79 Å². The van der Waals surface area contributed by atoms with Crippen molar-refractivity contribution in [3.8, 4) is 5.75 Å². The van der Waals surface area contributed by atoms with Crippen LogP contribution in [0.4, 0.5) is 0 Å². The lowest BCUT2D eigenvalue weighted by molar-refractivity contribution is 0.0969. The van der Waals surface area contributed by atoms with Crippen molar-refractivity contribution in [3.63, 3.8) is 0 Å². The highest BCUT2D eigenvalue weighted by atomic mass is 35.5. The molecule has 1 heterocycles. The molecular weight excluding hydrogens is 294 g/mol. The number of hydrogen-bond donors (Lipinski definition) is 1. The van der Waals surface area contributed by atoms with E-state index in [1.165, 1.54) is 0 Å². The molecule has 4 nitrogen and oxygen atoms in total. The summed E-state index contributed by atoms with van der Waals surface area (Å²) in [5.41, 5.74) is 0.563. The van der Waals surface area contributed by atoms with Gasteiger partial charge in [0, 0.05) is 24.8 Å². The number of amides is 1. The molecular formula is C11H13Cl2N2O2P. The first-order chi connectivity index (χ1) is 8.76. The average Bonchev–Trinajstić information content (AvgIpc) is 2.38. The number of nitrogens with one attached hydrogen (secondary N) is 1. The van der Waals surface area contributed by atoms with Gasteiger partial charge in [0.15, 0.2) is 0 Å². The topological polar surface area (TPSA) is 41.6 Å². The van der Waals surface area contributed by atoms with Crippen molar-refractivity contribution in [3.05, 3.63) is 29.8 Å². The van der Waals surface area contributed by atoms with Crippen LogP contribution in [0.15, 0.2) is 24.3 Å². The molecule has 1 aliphatic heterocycles. The van der Waals surface area contributed by atoms with Crippen molar-refractivity contribution >= 4 is 37.6 Å². The van der Waals surface area contributed by atoms with E-state index in [1.54, 1.807) is 12.1 Å². The van der Waals surface area contributed by atoms with E-state index in [-0.39, 0.29) is 5.91 Å². The van der Waals surface area contributed by atoms with Gasteiger partial charge in [-0.15, -0.1) is 23.2 Å². The van der Waals surface area contributed by atoms with E-state index < -0.39 is 8.45 Å². The number of para-hydroxylation sites is 1. The highest BCUT2D eigenvalue weighted by Crippen LogP contribution is 2.43. The molecule has 18 heavy (non-hydrogen) atoms. The van der Waals surface area contributed by atoms with Crippen molar-refractivity contribution < 1.29 is 9.32 Å². The van der Waals surface area contributed by atoms with Crippen LogP contribution >= 0.6 is 31.7 Å². The zero-order valence-corrected chi connectivity index (χ0v) is 12.0. The third kappa shape index (κ3) is 3.07. The van der Waals surface area contributed by atoms with Crippen molar-refractivity contribution in [1.29, 1.82) is 0 Å². The van der Waals surface area contributed by atoms with Gasteiger partial charge in [-0.2, -0.15) is 0 Å². The highest BCUT2D eigenvalue weighted by molar-refractivity contribution is 7.49. The SMILES string of the molecule is O=C1NP(N(CCCl)CCCl)Oc2ccccc21. The fraction of sp³-hybridized carbons (Fsp3) is 0.364. The largest absolute Gasteiger partial charge is 0.440 e. The molecule has 0 bridgehead atoms. The molecule has 1 amide bonds. The third-order valence-corrected chi connectivity index (χ3v) is 4.47. The summed E-state index contributed by atoms with van der Waals surface area (Å²) in [6.45, 7) is 1.25. The van der Waals surface area contributed by atoms with E-state index in [0.717, 1.165) is 0 Å². The van der Waals surface area contributed by atoms with Gasteiger partial charge in [0.25, 0.3) is 14.4 Å². The lowest BCUT2D eigenvalue weighted by atomic mass is 10.2. The number of rotatable bonds is 5. The van der Waals surface area contributed by atoms with Gasteiger partial charge in [-0.1, -0.05) is 12.1 Å². The zero-order valence-electron chi connectivity index (χ0n) is 9.60. The molecule has 0 radical (unpaired) electrons. The number of benzene rings is 1. The molecule has 1 aliphatic rings. The van der Waals surface area contributed by atoms with E-state index in [0.29, 0.717) is 36.2 Å². The maximum absolute atomic E-state index is 11.9. The van der Waals surface area contributed by atoms with E-state index in [2.05, 4.69) is 5.09 Å². The number of nitrogens with zero attached hydrogens (tertiary/aromatic N) is 1. The second-order valence-electron chi connectivity index (χ2n) is 3.63. The summed E-state index contributed by atoms with van der Waals surface area (Å²) < 4.78 is 7.77. The number of halogens is 2. The molecule has 1 N–H and O–H groups in total. The predicted molar refractivity (Wildman–Crippen MR) is 74.5 cm³/mol. The summed E-state index contributed by atoms with van der Waals surface area (Å²) in [5.74, 6) is 1.44. The second kappa shape index (κ2) is 6.58. The van der Waals surface area contributed by atoms with Crippen LogP contribution in [0, 0.1) is 0 Å². The maximum Gasteiger partial charge on any atom is 0.278 e. The molecule has 0 saturated carbocycles. The van der Waals surface area contributed by atoms with Gasteiger partial charge < -0.3 is 4.52 Å². The highest BCUT2D eigenvalue weighted by Gasteiger charge is 2.30. The normalized spacial score (nSPS) is 18.2. The molecule has 1 atom stereocenters. The lowest BCUT2D eigenvalue weighted by Crippen LogP contribution is -2.36. The molecule has 2 rings (SSSR count). The Labute approximate surface area is 117 Å². The Morgan fingerprint density at radius 2 is 1.89 bits per heavy atom.